The minimum Gasteiger partial charge on any atom is -0.347 e. The van der Waals surface area contributed by atoms with Crippen LogP contribution < -0.4 is 0 Å². The molecular weight excluding hydrogens is 176 g/mol. The summed E-state index contributed by atoms with van der Waals surface area (Å²) in [5.74, 6) is 1.91. The molecule has 78 valence electrons. The van der Waals surface area contributed by atoms with Crippen LogP contribution in [-0.2, 0) is 9.47 Å². The van der Waals surface area contributed by atoms with Crippen molar-refractivity contribution < 1.29 is 9.47 Å². The maximum Gasteiger partial charge on any atom is 0.171 e. The Labute approximate surface area is 85.3 Å². The van der Waals surface area contributed by atoms with Crippen molar-refractivity contribution in [3.63, 3.8) is 0 Å². The van der Waals surface area contributed by atoms with Gasteiger partial charge in [-0.25, -0.2) is 0 Å². The lowest BCUT2D eigenvalue weighted by Gasteiger charge is -2.36. The summed E-state index contributed by atoms with van der Waals surface area (Å²) in [4.78, 5) is 0. The molecule has 0 amide bonds. The van der Waals surface area contributed by atoms with Gasteiger partial charge in [-0.3, -0.25) is 0 Å². The lowest BCUT2D eigenvalue weighted by atomic mass is 9.84. The van der Waals surface area contributed by atoms with Gasteiger partial charge in [-0.2, -0.15) is 0 Å². The van der Waals surface area contributed by atoms with Crippen molar-refractivity contribution in [2.75, 3.05) is 13.2 Å². The Balaban J connectivity index is 1.83. The highest BCUT2D eigenvalue weighted by atomic mass is 16.7. The fourth-order valence-corrected chi connectivity index (χ4v) is 3.44. The van der Waals surface area contributed by atoms with Crippen LogP contribution in [0.1, 0.15) is 26.2 Å². The molecule has 1 saturated carbocycles. The third kappa shape index (κ3) is 1.10. The predicted molar refractivity (Wildman–Crippen MR) is 53.8 cm³/mol. The normalized spacial score (nSPS) is 43.6. The maximum atomic E-state index is 5.87. The monoisotopic (exact) mass is 194 g/mol. The van der Waals surface area contributed by atoms with Gasteiger partial charge in [-0.15, -0.1) is 0 Å². The summed E-state index contributed by atoms with van der Waals surface area (Å²) in [6.07, 6.45) is 8.35. The van der Waals surface area contributed by atoms with Crippen LogP contribution in [0.2, 0.25) is 0 Å². The SMILES string of the molecule is CCC1(C2C[C@H]3C=C[C@@H]2C3)OCCO1. The van der Waals surface area contributed by atoms with E-state index in [9.17, 15) is 0 Å². The summed E-state index contributed by atoms with van der Waals surface area (Å²) < 4.78 is 11.7. The van der Waals surface area contributed by atoms with Crippen LogP contribution >= 0.6 is 0 Å². The van der Waals surface area contributed by atoms with Gasteiger partial charge in [-0.1, -0.05) is 19.1 Å². The van der Waals surface area contributed by atoms with Gasteiger partial charge in [0, 0.05) is 5.92 Å². The van der Waals surface area contributed by atoms with Gasteiger partial charge in [0.1, 0.15) is 0 Å². The molecule has 1 heterocycles. The van der Waals surface area contributed by atoms with Gasteiger partial charge in [0.05, 0.1) is 13.2 Å². The minimum atomic E-state index is -0.232. The van der Waals surface area contributed by atoms with Crippen LogP contribution in [0, 0.1) is 17.8 Å². The minimum absolute atomic E-state index is 0.232. The smallest absolute Gasteiger partial charge is 0.171 e. The largest absolute Gasteiger partial charge is 0.347 e. The number of allylic oxidation sites excluding steroid dienone is 2. The standard InChI is InChI=1S/C12H18O2/c1-2-12(13-5-6-14-12)11-8-9-3-4-10(11)7-9/h3-4,9-11H,2,5-8H2,1H3/t9-,10+,11?/m0/s1. The van der Waals surface area contributed by atoms with Gasteiger partial charge in [0.2, 0.25) is 0 Å². The number of hydrogen-bond acceptors (Lipinski definition) is 2. The van der Waals surface area contributed by atoms with Gasteiger partial charge in [0.15, 0.2) is 5.79 Å². The van der Waals surface area contributed by atoms with E-state index in [-0.39, 0.29) is 5.79 Å². The third-order valence-corrected chi connectivity index (χ3v) is 4.11. The zero-order valence-corrected chi connectivity index (χ0v) is 8.74. The van der Waals surface area contributed by atoms with Gasteiger partial charge in [0.25, 0.3) is 0 Å². The number of hydrogen-bond donors (Lipinski definition) is 0. The average molecular weight is 194 g/mol. The van der Waals surface area contributed by atoms with Gasteiger partial charge < -0.3 is 9.47 Å². The first kappa shape index (κ1) is 8.93. The van der Waals surface area contributed by atoms with Crippen LogP contribution in [-0.4, -0.2) is 19.0 Å². The van der Waals surface area contributed by atoms with Crippen molar-refractivity contribution in [2.45, 2.75) is 32.0 Å². The van der Waals surface area contributed by atoms with Crippen molar-refractivity contribution in [3.8, 4) is 0 Å². The molecule has 3 rings (SSSR count). The van der Waals surface area contributed by atoms with E-state index in [0.717, 1.165) is 31.5 Å². The Bertz CT molecular complexity index is 253. The van der Waals surface area contributed by atoms with E-state index < -0.39 is 0 Å². The Hall–Kier alpha value is -0.340. The summed E-state index contributed by atoms with van der Waals surface area (Å²) in [5, 5.41) is 0. The van der Waals surface area contributed by atoms with E-state index in [1.165, 1.54) is 12.8 Å². The van der Waals surface area contributed by atoms with Crippen LogP contribution in [0.3, 0.4) is 0 Å². The number of rotatable bonds is 2. The molecule has 0 spiro atoms. The van der Waals surface area contributed by atoms with E-state index in [0.29, 0.717) is 5.92 Å². The molecule has 3 atom stereocenters. The second-order valence-electron chi connectivity index (χ2n) is 4.75. The van der Waals surface area contributed by atoms with E-state index in [2.05, 4.69) is 19.1 Å². The first-order valence-electron chi connectivity index (χ1n) is 5.80. The fraction of sp³-hybridized carbons (Fsp3) is 0.833. The maximum absolute atomic E-state index is 5.87. The number of ether oxygens (including phenoxy) is 2. The zero-order chi connectivity index (χ0) is 9.60. The second-order valence-corrected chi connectivity index (χ2v) is 4.75. The molecular formula is C12H18O2. The van der Waals surface area contributed by atoms with Crippen molar-refractivity contribution in [1.29, 1.82) is 0 Å². The quantitative estimate of drug-likeness (QED) is 0.628. The van der Waals surface area contributed by atoms with Crippen molar-refractivity contribution in [2.24, 2.45) is 17.8 Å². The lowest BCUT2D eigenvalue weighted by molar-refractivity contribution is -0.202. The Morgan fingerprint density at radius 1 is 1.21 bits per heavy atom. The molecule has 0 N–H and O–H groups in total. The molecule has 14 heavy (non-hydrogen) atoms. The molecule has 1 aliphatic heterocycles. The average Bonchev–Trinajstić information content (AvgIpc) is 2.94. The van der Waals surface area contributed by atoms with Gasteiger partial charge >= 0.3 is 0 Å². The Morgan fingerprint density at radius 3 is 2.50 bits per heavy atom. The molecule has 2 heteroatoms. The Kier molecular flexibility index (Phi) is 1.96. The molecule has 2 nitrogen and oxygen atoms in total. The van der Waals surface area contributed by atoms with E-state index in [4.69, 9.17) is 9.47 Å². The van der Waals surface area contributed by atoms with Gasteiger partial charge in [-0.05, 0) is 31.1 Å². The summed E-state index contributed by atoms with van der Waals surface area (Å²) in [6, 6.07) is 0. The Morgan fingerprint density at radius 2 is 2.00 bits per heavy atom. The molecule has 0 aromatic rings. The molecule has 0 aromatic heterocycles. The van der Waals surface area contributed by atoms with Crippen LogP contribution in [0.5, 0.6) is 0 Å². The van der Waals surface area contributed by atoms with Crippen LogP contribution in [0.15, 0.2) is 12.2 Å². The predicted octanol–water partition coefficient (Wildman–Crippen LogP) is 2.35. The van der Waals surface area contributed by atoms with E-state index in [1.54, 1.807) is 0 Å². The highest BCUT2D eigenvalue weighted by Crippen LogP contribution is 2.51. The fourth-order valence-electron chi connectivity index (χ4n) is 3.44. The first-order chi connectivity index (χ1) is 6.84. The molecule has 3 aliphatic rings. The molecule has 0 radical (unpaired) electrons. The zero-order valence-electron chi connectivity index (χ0n) is 8.74. The second kappa shape index (κ2) is 3.07. The molecule has 1 unspecified atom stereocenters. The van der Waals surface area contributed by atoms with Crippen LogP contribution in [0.25, 0.3) is 0 Å². The molecule has 2 bridgehead atoms. The summed E-state index contributed by atoms with van der Waals surface area (Å²) in [5.41, 5.74) is 0. The summed E-state index contributed by atoms with van der Waals surface area (Å²) in [6.45, 7) is 3.75. The highest BCUT2D eigenvalue weighted by Gasteiger charge is 2.51. The topological polar surface area (TPSA) is 18.5 Å². The summed E-state index contributed by atoms with van der Waals surface area (Å²) in [7, 11) is 0. The number of fused-ring (bicyclic) bond motifs is 2. The van der Waals surface area contributed by atoms with Crippen molar-refractivity contribution in [3.05, 3.63) is 12.2 Å². The first-order valence-corrected chi connectivity index (χ1v) is 5.80. The molecule has 2 fully saturated rings. The third-order valence-electron chi connectivity index (χ3n) is 4.11. The summed E-state index contributed by atoms with van der Waals surface area (Å²) >= 11 is 0. The van der Waals surface area contributed by atoms with E-state index >= 15 is 0 Å². The van der Waals surface area contributed by atoms with Crippen molar-refractivity contribution >= 4 is 0 Å². The molecule has 0 aromatic carbocycles. The van der Waals surface area contributed by atoms with Crippen molar-refractivity contribution in [1.82, 2.24) is 0 Å². The highest BCUT2D eigenvalue weighted by molar-refractivity contribution is 5.13. The lowest BCUT2D eigenvalue weighted by Crippen LogP contribution is -2.40. The van der Waals surface area contributed by atoms with Crippen LogP contribution in [0.4, 0.5) is 0 Å². The molecule has 1 saturated heterocycles. The molecule has 2 aliphatic carbocycles. The van der Waals surface area contributed by atoms with E-state index in [1.807, 2.05) is 0 Å².